The first-order chi connectivity index (χ1) is 15.2. The molecule has 4 amide bonds. The van der Waals surface area contributed by atoms with Gasteiger partial charge in [-0.2, -0.15) is 0 Å². The van der Waals surface area contributed by atoms with Crippen LogP contribution in [0.15, 0.2) is 48.5 Å². The van der Waals surface area contributed by atoms with Crippen LogP contribution in [0.1, 0.15) is 34.6 Å². The number of anilines is 1. The van der Waals surface area contributed by atoms with Crippen LogP contribution in [0.2, 0.25) is 0 Å². The molecule has 1 saturated heterocycles. The Morgan fingerprint density at radius 1 is 1.16 bits per heavy atom. The predicted molar refractivity (Wildman–Crippen MR) is 114 cm³/mol. The highest BCUT2D eigenvalue weighted by atomic mass is 19.1. The highest BCUT2D eigenvalue weighted by molar-refractivity contribution is 6.07. The molecule has 0 bridgehead atoms. The quantitative estimate of drug-likeness (QED) is 0.676. The van der Waals surface area contributed by atoms with Gasteiger partial charge in [-0.15, -0.1) is 0 Å². The number of likely N-dealkylation sites (tertiary alicyclic amines) is 1. The number of benzene rings is 2. The van der Waals surface area contributed by atoms with Crippen molar-refractivity contribution in [3.05, 3.63) is 65.5 Å². The molecule has 2 aliphatic heterocycles. The third kappa shape index (κ3) is 3.81. The van der Waals surface area contributed by atoms with Crippen molar-refractivity contribution >= 4 is 29.3 Å². The Kier molecular flexibility index (Phi) is 5.41. The summed E-state index contributed by atoms with van der Waals surface area (Å²) in [5.41, 5.74) is -0.394. The molecule has 9 heteroatoms. The van der Waals surface area contributed by atoms with Crippen LogP contribution < -0.4 is 16.0 Å². The molecule has 3 N–H and O–H groups in total. The fourth-order valence-corrected chi connectivity index (χ4v) is 4.25. The number of fused-ring (bicyclic) bond motifs is 2. The first kappa shape index (κ1) is 21.5. The van der Waals surface area contributed by atoms with Crippen molar-refractivity contribution in [1.82, 2.24) is 15.5 Å². The summed E-state index contributed by atoms with van der Waals surface area (Å²) in [5, 5.41) is 8.21. The summed E-state index contributed by atoms with van der Waals surface area (Å²) < 4.78 is 13.9. The van der Waals surface area contributed by atoms with Gasteiger partial charge in [-0.05, 0) is 38.1 Å². The van der Waals surface area contributed by atoms with Gasteiger partial charge in [0.2, 0.25) is 11.8 Å². The fraction of sp³-hybridized carbons (Fsp3) is 0.304. The molecule has 2 heterocycles. The standard InChI is InChI=1S/C23H23FN4O4/c1-13(25-19(29)14-7-3-5-9-17(14)24)22(32)28-11-16-21(31)26-18-10-6-4-8-15(18)20(30)27-23(16,2)12-28/h3-10,13,16H,11-12H2,1-2H3,(H,25,29)(H,26,31)(H,27,30)/t13?,16-,23-/m0/s1. The van der Waals surface area contributed by atoms with Crippen molar-refractivity contribution in [3.63, 3.8) is 0 Å². The summed E-state index contributed by atoms with van der Waals surface area (Å²) in [5.74, 6) is -3.15. The van der Waals surface area contributed by atoms with Gasteiger partial charge in [0, 0.05) is 13.1 Å². The first-order valence-corrected chi connectivity index (χ1v) is 10.3. The van der Waals surface area contributed by atoms with Gasteiger partial charge in [-0.1, -0.05) is 24.3 Å². The van der Waals surface area contributed by atoms with Crippen LogP contribution in [0, 0.1) is 11.7 Å². The normalized spacial score (nSPS) is 23.1. The van der Waals surface area contributed by atoms with Crippen molar-refractivity contribution in [2.24, 2.45) is 5.92 Å². The molecule has 8 nitrogen and oxygen atoms in total. The van der Waals surface area contributed by atoms with Crippen LogP contribution in [0.25, 0.3) is 0 Å². The number of rotatable bonds is 3. The lowest BCUT2D eigenvalue weighted by molar-refractivity contribution is -0.132. The summed E-state index contributed by atoms with van der Waals surface area (Å²) in [6.07, 6.45) is 0. The number of carbonyl (C=O) groups is 4. The van der Waals surface area contributed by atoms with Crippen molar-refractivity contribution in [1.29, 1.82) is 0 Å². The number of nitrogens with zero attached hydrogens (tertiary/aromatic N) is 1. The molecule has 32 heavy (non-hydrogen) atoms. The van der Waals surface area contributed by atoms with Crippen LogP contribution in [-0.2, 0) is 9.59 Å². The van der Waals surface area contributed by atoms with Crippen molar-refractivity contribution in [2.45, 2.75) is 25.4 Å². The van der Waals surface area contributed by atoms with E-state index >= 15 is 0 Å². The third-order valence-corrected chi connectivity index (χ3v) is 5.98. The average Bonchev–Trinajstić information content (AvgIpc) is 3.09. The molecular formula is C23H23FN4O4. The Hall–Kier alpha value is -3.75. The minimum atomic E-state index is -0.986. The lowest BCUT2D eigenvalue weighted by atomic mass is 9.86. The summed E-state index contributed by atoms with van der Waals surface area (Å²) in [6.45, 7) is 3.39. The number of carbonyl (C=O) groups excluding carboxylic acids is 4. The van der Waals surface area contributed by atoms with Crippen molar-refractivity contribution in [3.8, 4) is 0 Å². The van der Waals surface area contributed by atoms with Crippen molar-refractivity contribution < 1.29 is 23.6 Å². The van der Waals surface area contributed by atoms with Gasteiger partial charge in [0.15, 0.2) is 0 Å². The number of para-hydroxylation sites is 1. The fourth-order valence-electron chi connectivity index (χ4n) is 4.25. The zero-order valence-electron chi connectivity index (χ0n) is 17.6. The Labute approximate surface area is 184 Å². The van der Waals surface area contributed by atoms with Gasteiger partial charge in [-0.3, -0.25) is 19.2 Å². The van der Waals surface area contributed by atoms with Gasteiger partial charge >= 0.3 is 0 Å². The smallest absolute Gasteiger partial charge is 0.254 e. The number of amides is 4. The maximum absolute atomic E-state index is 13.9. The van der Waals surface area contributed by atoms with E-state index in [9.17, 15) is 23.6 Å². The summed E-state index contributed by atoms with van der Waals surface area (Å²) in [7, 11) is 0. The SMILES string of the molecule is CC(NC(=O)c1ccccc1F)C(=O)N1C[C@H]2C(=O)Nc3ccccc3C(=O)N[C@@]2(C)C1. The van der Waals surface area contributed by atoms with E-state index in [0.29, 0.717) is 11.3 Å². The van der Waals surface area contributed by atoms with E-state index in [0.717, 1.165) is 0 Å². The van der Waals surface area contributed by atoms with Gasteiger partial charge in [0.25, 0.3) is 11.8 Å². The second-order valence-corrected chi connectivity index (χ2v) is 8.35. The van der Waals surface area contributed by atoms with E-state index in [4.69, 9.17) is 0 Å². The van der Waals surface area contributed by atoms with E-state index in [2.05, 4.69) is 16.0 Å². The number of hydrogen-bond acceptors (Lipinski definition) is 4. The molecule has 0 spiro atoms. The largest absolute Gasteiger partial charge is 0.344 e. The highest BCUT2D eigenvalue weighted by Gasteiger charge is 2.51. The third-order valence-electron chi connectivity index (χ3n) is 5.98. The maximum atomic E-state index is 13.9. The molecule has 0 saturated carbocycles. The van der Waals surface area contributed by atoms with E-state index in [-0.39, 0.29) is 30.5 Å². The summed E-state index contributed by atoms with van der Waals surface area (Å²) in [6, 6.07) is 11.2. The minimum Gasteiger partial charge on any atom is -0.344 e. The lowest BCUT2D eigenvalue weighted by Gasteiger charge is -2.33. The lowest BCUT2D eigenvalue weighted by Crippen LogP contribution is -2.56. The molecule has 4 rings (SSSR count). The second kappa shape index (κ2) is 8.07. The van der Waals surface area contributed by atoms with Crippen molar-refractivity contribution in [2.75, 3.05) is 18.4 Å². The van der Waals surface area contributed by atoms with E-state index in [1.54, 1.807) is 31.2 Å². The molecule has 2 aromatic rings. The van der Waals surface area contributed by atoms with Crippen LogP contribution in [0.4, 0.5) is 10.1 Å². The molecule has 2 aromatic carbocycles. The topological polar surface area (TPSA) is 108 Å². The zero-order valence-corrected chi connectivity index (χ0v) is 17.6. The molecule has 1 unspecified atom stereocenters. The Morgan fingerprint density at radius 3 is 2.59 bits per heavy atom. The van der Waals surface area contributed by atoms with Gasteiger partial charge < -0.3 is 20.9 Å². The Bertz CT molecular complexity index is 1120. The van der Waals surface area contributed by atoms with Crippen LogP contribution in [-0.4, -0.2) is 53.2 Å². The van der Waals surface area contributed by atoms with E-state index in [1.165, 1.54) is 36.1 Å². The van der Waals surface area contributed by atoms with Gasteiger partial charge in [0.05, 0.1) is 28.3 Å². The predicted octanol–water partition coefficient (Wildman–Crippen LogP) is 1.54. The molecule has 0 aliphatic carbocycles. The van der Waals surface area contributed by atoms with Crippen LogP contribution in [0.3, 0.4) is 0 Å². The second-order valence-electron chi connectivity index (χ2n) is 8.35. The Balaban J connectivity index is 1.51. The highest BCUT2D eigenvalue weighted by Crippen LogP contribution is 2.32. The van der Waals surface area contributed by atoms with Gasteiger partial charge in [-0.25, -0.2) is 4.39 Å². The number of hydrogen-bond donors (Lipinski definition) is 3. The summed E-state index contributed by atoms with van der Waals surface area (Å²) >= 11 is 0. The maximum Gasteiger partial charge on any atom is 0.254 e. The zero-order chi connectivity index (χ0) is 23.0. The molecule has 3 atom stereocenters. The monoisotopic (exact) mass is 438 g/mol. The van der Waals surface area contributed by atoms with E-state index < -0.39 is 35.1 Å². The van der Waals surface area contributed by atoms with Gasteiger partial charge in [0.1, 0.15) is 11.9 Å². The molecule has 166 valence electrons. The van der Waals surface area contributed by atoms with E-state index in [1.807, 2.05) is 0 Å². The Morgan fingerprint density at radius 2 is 1.84 bits per heavy atom. The molecule has 1 fully saturated rings. The molecule has 0 aromatic heterocycles. The number of halogens is 1. The molecule has 0 radical (unpaired) electrons. The van der Waals surface area contributed by atoms with Crippen LogP contribution >= 0.6 is 0 Å². The summed E-state index contributed by atoms with van der Waals surface area (Å²) in [4.78, 5) is 52.6. The van der Waals surface area contributed by atoms with Crippen LogP contribution in [0.5, 0.6) is 0 Å². The minimum absolute atomic E-state index is 0.0729. The molecule has 2 aliphatic rings. The number of nitrogens with one attached hydrogen (secondary N) is 3. The average molecular weight is 438 g/mol. The molecular weight excluding hydrogens is 415 g/mol. The first-order valence-electron chi connectivity index (χ1n) is 10.3.